The number of hydrogen-bond acceptors (Lipinski definition) is 3. The van der Waals surface area contributed by atoms with Crippen molar-refractivity contribution in [2.24, 2.45) is 0 Å². The molecule has 0 aromatic heterocycles. The normalized spacial score (nSPS) is 16.6. The average Bonchev–Trinajstić information content (AvgIpc) is 2.78. The van der Waals surface area contributed by atoms with Crippen molar-refractivity contribution in [1.82, 2.24) is 4.90 Å². The third kappa shape index (κ3) is 3.87. The minimum Gasteiger partial charge on any atom is -0.497 e. The number of hydrogen-bond donors (Lipinski definition) is 0. The molecule has 1 heterocycles. The van der Waals surface area contributed by atoms with Crippen molar-refractivity contribution in [3.63, 3.8) is 0 Å². The van der Waals surface area contributed by atoms with Crippen molar-refractivity contribution < 1.29 is 14.3 Å². The van der Waals surface area contributed by atoms with Crippen molar-refractivity contribution in [1.29, 1.82) is 0 Å². The van der Waals surface area contributed by atoms with Crippen LogP contribution >= 0.6 is 0 Å². The summed E-state index contributed by atoms with van der Waals surface area (Å²) < 4.78 is 11.7. The molecule has 0 bridgehead atoms. The molecule has 3 aromatic rings. The van der Waals surface area contributed by atoms with Gasteiger partial charge in [0.05, 0.1) is 12.7 Å². The van der Waals surface area contributed by atoms with E-state index in [-0.39, 0.29) is 5.91 Å². The van der Waals surface area contributed by atoms with Gasteiger partial charge in [0.1, 0.15) is 11.5 Å². The van der Waals surface area contributed by atoms with Gasteiger partial charge in [0.2, 0.25) is 6.23 Å². The van der Waals surface area contributed by atoms with Gasteiger partial charge >= 0.3 is 0 Å². The SMILES string of the molecule is COc1ccc(C2OC(c3ccccc3)=C(C)C(=O)N2Cc2ccccc2)cc1. The molecular weight excluding hydrogens is 362 g/mol. The zero-order valence-electron chi connectivity index (χ0n) is 16.5. The molecule has 0 saturated heterocycles. The summed E-state index contributed by atoms with van der Waals surface area (Å²) in [6, 6.07) is 27.4. The molecule has 0 fully saturated rings. The van der Waals surface area contributed by atoms with E-state index in [0.29, 0.717) is 17.9 Å². The van der Waals surface area contributed by atoms with E-state index in [0.717, 1.165) is 22.4 Å². The van der Waals surface area contributed by atoms with Crippen LogP contribution in [0.5, 0.6) is 5.75 Å². The molecule has 1 amide bonds. The van der Waals surface area contributed by atoms with E-state index in [2.05, 4.69) is 0 Å². The molecule has 29 heavy (non-hydrogen) atoms. The summed E-state index contributed by atoms with van der Waals surface area (Å²) in [6.07, 6.45) is -0.521. The zero-order valence-corrected chi connectivity index (χ0v) is 16.5. The molecule has 0 aliphatic carbocycles. The first-order chi connectivity index (χ1) is 14.2. The highest BCUT2D eigenvalue weighted by Crippen LogP contribution is 2.38. The lowest BCUT2D eigenvalue weighted by Crippen LogP contribution is -2.40. The number of ether oxygens (including phenoxy) is 2. The van der Waals surface area contributed by atoms with Gasteiger partial charge in [0.15, 0.2) is 0 Å². The lowest BCUT2D eigenvalue weighted by molar-refractivity contribution is -0.141. The molecule has 146 valence electrons. The monoisotopic (exact) mass is 385 g/mol. The van der Waals surface area contributed by atoms with E-state index in [4.69, 9.17) is 9.47 Å². The zero-order chi connectivity index (χ0) is 20.2. The lowest BCUT2D eigenvalue weighted by Gasteiger charge is -2.38. The van der Waals surface area contributed by atoms with Crippen LogP contribution < -0.4 is 4.74 Å². The third-order valence-corrected chi connectivity index (χ3v) is 5.07. The lowest BCUT2D eigenvalue weighted by atomic mass is 10.0. The number of rotatable bonds is 5. The Balaban J connectivity index is 1.76. The summed E-state index contributed by atoms with van der Waals surface area (Å²) in [6.45, 7) is 2.29. The summed E-state index contributed by atoms with van der Waals surface area (Å²) >= 11 is 0. The maximum Gasteiger partial charge on any atom is 0.256 e. The van der Waals surface area contributed by atoms with Crippen molar-refractivity contribution in [2.75, 3.05) is 7.11 Å². The van der Waals surface area contributed by atoms with E-state index in [9.17, 15) is 4.79 Å². The minimum atomic E-state index is -0.521. The molecule has 4 heteroatoms. The molecule has 0 radical (unpaired) electrons. The molecule has 0 N–H and O–H groups in total. The highest BCUT2D eigenvalue weighted by molar-refractivity contribution is 6.00. The molecule has 1 aliphatic rings. The number of carbonyl (C=O) groups is 1. The maximum absolute atomic E-state index is 13.4. The van der Waals surface area contributed by atoms with Gasteiger partial charge in [-0.15, -0.1) is 0 Å². The third-order valence-electron chi connectivity index (χ3n) is 5.07. The standard InChI is InChI=1S/C25H23NO3/c1-18-23(20-11-7-4-8-12-20)29-25(21-13-15-22(28-2)16-14-21)26(24(18)27)17-19-9-5-3-6-10-19/h3-16,25H,17H2,1-2H3. The Morgan fingerprint density at radius 2 is 1.52 bits per heavy atom. The topological polar surface area (TPSA) is 38.8 Å². The number of nitrogens with zero attached hydrogens (tertiary/aromatic N) is 1. The summed E-state index contributed by atoms with van der Waals surface area (Å²) in [5.74, 6) is 1.36. The quantitative estimate of drug-likeness (QED) is 0.607. The number of carbonyl (C=O) groups excluding carboxylic acids is 1. The first-order valence-electron chi connectivity index (χ1n) is 9.59. The average molecular weight is 385 g/mol. The summed E-state index contributed by atoms with van der Waals surface area (Å²) in [7, 11) is 1.64. The smallest absolute Gasteiger partial charge is 0.256 e. The van der Waals surface area contributed by atoms with Gasteiger partial charge in [-0.25, -0.2) is 0 Å². The van der Waals surface area contributed by atoms with Gasteiger partial charge in [0, 0.05) is 17.7 Å². The summed E-state index contributed by atoms with van der Waals surface area (Å²) in [4.78, 5) is 15.2. The van der Waals surface area contributed by atoms with Crippen molar-refractivity contribution in [2.45, 2.75) is 19.7 Å². The molecular formula is C25H23NO3. The first kappa shape index (κ1) is 18.8. The number of methoxy groups -OCH3 is 1. The van der Waals surface area contributed by atoms with Crippen LogP contribution in [0.15, 0.2) is 90.5 Å². The Labute approximate surface area is 171 Å². The number of benzene rings is 3. The highest BCUT2D eigenvalue weighted by atomic mass is 16.5. The van der Waals surface area contributed by atoms with Gasteiger partial charge in [-0.1, -0.05) is 60.7 Å². The largest absolute Gasteiger partial charge is 0.497 e. The fourth-order valence-corrected chi connectivity index (χ4v) is 3.51. The van der Waals surface area contributed by atoms with Crippen LogP contribution in [0, 0.1) is 0 Å². The summed E-state index contributed by atoms with van der Waals surface area (Å²) in [5.41, 5.74) is 3.46. The van der Waals surface area contributed by atoms with Crippen molar-refractivity contribution in [3.05, 3.63) is 107 Å². The van der Waals surface area contributed by atoms with Gasteiger partial charge in [-0.2, -0.15) is 0 Å². The molecule has 4 nitrogen and oxygen atoms in total. The summed E-state index contributed by atoms with van der Waals surface area (Å²) in [5, 5.41) is 0. The van der Waals surface area contributed by atoms with E-state index in [1.807, 2.05) is 91.9 Å². The van der Waals surface area contributed by atoms with Crippen LogP contribution in [0.2, 0.25) is 0 Å². The van der Waals surface area contributed by atoms with Crippen molar-refractivity contribution in [3.8, 4) is 5.75 Å². The van der Waals surface area contributed by atoms with E-state index in [1.54, 1.807) is 12.0 Å². The fraction of sp³-hybridized carbons (Fsp3) is 0.160. The Kier molecular flexibility index (Phi) is 5.34. The molecule has 3 aromatic carbocycles. The first-order valence-corrected chi connectivity index (χ1v) is 9.59. The van der Waals surface area contributed by atoms with Crippen LogP contribution in [0.3, 0.4) is 0 Å². The molecule has 1 atom stereocenters. The second-order valence-corrected chi connectivity index (χ2v) is 6.98. The Hall–Kier alpha value is -3.53. The van der Waals surface area contributed by atoms with E-state index >= 15 is 0 Å². The Morgan fingerprint density at radius 3 is 2.14 bits per heavy atom. The van der Waals surface area contributed by atoms with Crippen LogP contribution in [-0.2, 0) is 16.1 Å². The minimum absolute atomic E-state index is 0.0280. The van der Waals surface area contributed by atoms with Crippen LogP contribution in [-0.4, -0.2) is 17.9 Å². The predicted octanol–water partition coefficient (Wildman–Crippen LogP) is 5.18. The maximum atomic E-state index is 13.4. The molecule has 1 aliphatic heterocycles. The fourth-order valence-electron chi connectivity index (χ4n) is 3.51. The molecule has 1 unspecified atom stereocenters. The molecule has 0 spiro atoms. The second kappa shape index (κ2) is 8.23. The van der Waals surface area contributed by atoms with Crippen molar-refractivity contribution >= 4 is 11.7 Å². The highest BCUT2D eigenvalue weighted by Gasteiger charge is 2.35. The molecule has 0 saturated carbocycles. The Morgan fingerprint density at radius 1 is 0.897 bits per heavy atom. The van der Waals surface area contributed by atoms with Crippen LogP contribution in [0.4, 0.5) is 0 Å². The predicted molar refractivity (Wildman–Crippen MR) is 113 cm³/mol. The van der Waals surface area contributed by atoms with E-state index < -0.39 is 6.23 Å². The van der Waals surface area contributed by atoms with Gasteiger partial charge in [-0.05, 0) is 36.8 Å². The van der Waals surface area contributed by atoms with Crippen LogP contribution in [0.25, 0.3) is 5.76 Å². The second-order valence-electron chi connectivity index (χ2n) is 6.98. The van der Waals surface area contributed by atoms with E-state index in [1.165, 1.54) is 0 Å². The van der Waals surface area contributed by atoms with Crippen LogP contribution in [0.1, 0.15) is 29.8 Å². The van der Waals surface area contributed by atoms with Gasteiger partial charge in [0.25, 0.3) is 5.91 Å². The van der Waals surface area contributed by atoms with Gasteiger partial charge < -0.3 is 9.47 Å². The molecule has 4 rings (SSSR count). The number of amides is 1. The van der Waals surface area contributed by atoms with Gasteiger partial charge in [-0.3, -0.25) is 9.69 Å². The Bertz CT molecular complexity index is 1010.